The van der Waals surface area contributed by atoms with Crippen molar-refractivity contribution in [3.05, 3.63) is 54.6 Å². The Morgan fingerprint density at radius 2 is 1.62 bits per heavy atom. The second-order valence-corrected chi connectivity index (χ2v) is 6.00. The maximum atomic E-state index is 3.68. The maximum Gasteiger partial charge on any atom is 0.0646 e. The topological polar surface area (TPSA) is 15.3 Å². The van der Waals surface area contributed by atoms with Crippen LogP contribution in [0.5, 0.6) is 0 Å². The van der Waals surface area contributed by atoms with E-state index < -0.39 is 0 Å². The Hall–Kier alpha value is -1.96. The third-order valence-corrected chi connectivity index (χ3v) is 4.91. The van der Waals surface area contributed by atoms with Gasteiger partial charge in [-0.25, -0.2) is 0 Å². The highest BCUT2D eigenvalue weighted by atomic mass is 15.2. The van der Waals surface area contributed by atoms with E-state index in [1.54, 1.807) is 0 Å². The van der Waals surface area contributed by atoms with Crippen LogP contribution in [0.3, 0.4) is 0 Å². The van der Waals surface area contributed by atoms with Crippen LogP contribution in [-0.2, 0) is 0 Å². The van der Waals surface area contributed by atoms with Gasteiger partial charge < -0.3 is 10.2 Å². The molecule has 1 aliphatic heterocycles. The van der Waals surface area contributed by atoms with E-state index in [0.717, 1.165) is 13.1 Å². The lowest BCUT2D eigenvalue weighted by Crippen LogP contribution is -2.37. The summed E-state index contributed by atoms with van der Waals surface area (Å²) in [4.78, 5) is 2.47. The molecule has 1 aliphatic rings. The molecule has 2 aromatic carbocycles. The number of hydrogen-bond donors (Lipinski definition) is 1. The van der Waals surface area contributed by atoms with E-state index in [9.17, 15) is 0 Å². The standard InChI is InChI=1S/C19H24N2/c1-3-19(4-2)14-20-17-12-8-9-13-18(17)21(15-19)16-10-6-5-7-11-16/h5-13,20H,3-4,14-15H2,1-2H3. The molecule has 0 fully saturated rings. The molecule has 21 heavy (non-hydrogen) atoms. The first-order valence-electron chi connectivity index (χ1n) is 7.93. The Kier molecular flexibility index (Phi) is 3.87. The molecule has 0 aromatic heterocycles. The molecule has 1 heterocycles. The highest BCUT2D eigenvalue weighted by Crippen LogP contribution is 2.40. The van der Waals surface area contributed by atoms with Crippen molar-refractivity contribution in [3.63, 3.8) is 0 Å². The van der Waals surface area contributed by atoms with Crippen molar-refractivity contribution in [1.29, 1.82) is 0 Å². The number of rotatable bonds is 3. The summed E-state index contributed by atoms with van der Waals surface area (Å²) < 4.78 is 0. The summed E-state index contributed by atoms with van der Waals surface area (Å²) in [5.41, 5.74) is 4.12. The van der Waals surface area contributed by atoms with Crippen LogP contribution in [0.15, 0.2) is 54.6 Å². The summed E-state index contributed by atoms with van der Waals surface area (Å²) in [6, 6.07) is 19.4. The van der Waals surface area contributed by atoms with Crippen LogP contribution >= 0.6 is 0 Å². The number of para-hydroxylation sites is 3. The Morgan fingerprint density at radius 1 is 0.952 bits per heavy atom. The Balaban J connectivity index is 2.08. The third-order valence-electron chi connectivity index (χ3n) is 4.91. The van der Waals surface area contributed by atoms with Gasteiger partial charge in [-0.1, -0.05) is 44.2 Å². The largest absolute Gasteiger partial charge is 0.383 e. The first-order chi connectivity index (χ1) is 10.3. The van der Waals surface area contributed by atoms with Crippen molar-refractivity contribution in [2.75, 3.05) is 23.3 Å². The summed E-state index contributed by atoms with van der Waals surface area (Å²) in [6.07, 6.45) is 2.38. The van der Waals surface area contributed by atoms with Crippen LogP contribution in [0.4, 0.5) is 17.1 Å². The van der Waals surface area contributed by atoms with Gasteiger partial charge in [0.1, 0.15) is 0 Å². The SMILES string of the molecule is CCC1(CC)CNc2ccccc2N(c2ccccc2)C1. The molecule has 0 aliphatic carbocycles. The fourth-order valence-corrected chi connectivity index (χ4v) is 3.18. The van der Waals surface area contributed by atoms with E-state index in [4.69, 9.17) is 0 Å². The first-order valence-corrected chi connectivity index (χ1v) is 7.93. The van der Waals surface area contributed by atoms with Gasteiger partial charge in [0.05, 0.1) is 11.4 Å². The molecule has 1 N–H and O–H groups in total. The Morgan fingerprint density at radius 3 is 2.33 bits per heavy atom. The van der Waals surface area contributed by atoms with Gasteiger partial charge in [0, 0.05) is 24.2 Å². The van der Waals surface area contributed by atoms with Crippen LogP contribution in [0.1, 0.15) is 26.7 Å². The zero-order chi connectivity index (χ0) is 14.7. The van der Waals surface area contributed by atoms with Crippen LogP contribution in [0, 0.1) is 5.41 Å². The minimum absolute atomic E-state index is 0.314. The average molecular weight is 280 g/mol. The number of hydrogen-bond acceptors (Lipinski definition) is 2. The lowest BCUT2D eigenvalue weighted by molar-refractivity contribution is 0.296. The highest BCUT2D eigenvalue weighted by molar-refractivity contribution is 5.77. The highest BCUT2D eigenvalue weighted by Gasteiger charge is 2.33. The number of benzene rings is 2. The molecular formula is C19H24N2. The molecule has 2 heteroatoms. The van der Waals surface area contributed by atoms with E-state index in [2.05, 4.69) is 78.7 Å². The van der Waals surface area contributed by atoms with Gasteiger partial charge in [0.2, 0.25) is 0 Å². The first kappa shape index (κ1) is 14.0. The van der Waals surface area contributed by atoms with Crippen LogP contribution in [0.2, 0.25) is 0 Å². The summed E-state index contributed by atoms with van der Waals surface area (Å²) in [5.74, 6) is 0. The van der Waals surface area contributed by atoms with Gasteiger partial charge in [-0.15, -0.1) is 0 Å². The smallest absolute Gasteiger partial charge is 0.0646 e. The predicted molar refractivity (Wildman–Crippen MR) is 91.4 cm³/mol. The second kappa shape index (κ2) is 5.80. The Bertz CT molecular complexity index is 588. The summed E-state index contributed by atoms with van der Waals surface area (Å²) >= 11 is 0. The maximum absolute atomic E-state index is 3.68. The molecule has 0 unspecified atom stereocenters. The molecule has 0 amide bonds. The number of fused-ring (bicyclic) bond motifs is 1. The average Bonchev–Trinajstić information content (AvgIpc) is 2.74. The molecular weight excluding hydrogens is 256 g/mol. The van der Waals surface area contributed by atoms with Gasteiger partial charge in [0.25, 0.3) is 0 Å². The summed E-state index contributed by atoms with van der Waals surface area (Å²) in [6.45, 7) is 6.73. The molecule has 0 atom stereocenters. The molecule has 2 nitrogen and oxygen atoms in total. The zero-order valence-corrected chi connectivity index (χ0v) is 13.0. The van der Waals surface area contributed by atoms with Crippen LogP contribution < -0.4 is 10.2 Å². The van der Waals surface area contributed by atoms with Crippen molar-refractivity contribution < 1.29 is 0 Å². The normalized spacial score (nSPS) is 16.8. The fraction of sp³-hybridized carbons (Fsp3) is 0.368. The molecule has 0 radical (unpaired) electrons. The molecule has 0 spiro atoms. The molecule has 110 valence electrons. The lowest BCUT2D eigenvalue weighted by atomic mass is 9.81. The monoisotopic (exact) mass is 280 g/mol. The molecule has 3 rings (SSSR count). The third kappa shape index (κ3) is 2.63. The zero-order valence-electron chi connectivity index (χ0n) is 13.0. The Labute approximate surface area is 127 Å². The summed E-state index contributed by atoms with van der Waals surface area (Å²) in [5, 5.41) is 3.68. The van der Waals surface area contributed by atoms with Gasteiger partial charge in [-0.3, -0.25) is 0 Å². The quantitative estimate of drug-likeness (QED) is 0.845. The van der Waals surface area contributed by atoms with E-state index >= 15 is 0 Å². The van der Waals surface area contributed by atoms with Gasteiger partial charge >= 0.3 is 0 Å². The molecule has 2 aromatic rings. The van der Waals surface area contributed by atoms with E-state index in [-0.39, 0.29) is 0 Å². The van der Waals surface area contributed by atoms with Crippen LogP contribution in [0.25, 0.3) is 0 Å². The van der Waals surface area contributed by atoms with Crippen molar-refractivity contribution in [3.8, 4) is 0 Å². The van der Waals surface area contributed by atoms with Gasteiger partial charge in [-0.05, 0) is 37.1 Å². The van der Waals surface area contributed by atoms with E-state index in [1.807, 2.05) is 0 Å². The minimum atomic E-state index is 0.314. The fourth-order valence-electron chi connectivity index (χ4n) is 3.18. The summed E-state index contributed by atoms with van der Waals surface area (Å²) in [7, 11) is 0. The molecule has 0 saturated heterocycles. The van der Waals surface area contributed by atoms with Crippen molar-refractivity contribution in [2.24, 2.45) is 5.41 Å². The van der Waals surface area contributed by atoms with Gasteiger partial charge in [0.15, 0.2) is 0 Å². The van der Waals surface area contributed by atoms with Crippen molar-refractivity contribution in [2.45, 2.75) is 26.7 Å². The van der Waals surface area contributed by atoms with E-state index in [0.29, 0.717) is 5.41 Å². The van der Waals surface area contributed by atoms with Crippen LogP contribution in [-0.4, -0.2) is 13.1 Å². The molecule has 0 saturated carbocycles. The number of nitrogens with zero attached hydrogens (tertiary/aromatic N) is 1. The molecule has 0 bridgehead atoms. The lowest BCUT2D eigenvalue weighted by Gasteiger charge is -2.35. The number of nitrogens with one attached hydrogen (secondary N) is 1. The second-order valence-electron chi connectivity index (χ2n) is 6.00. The predicted octanol–water partition coefficient (Wildman–Crippen LogP) is 5.06. The van der Waals surface area contributed by atoms with Crippen molar-refractivity contribution >= 4 is 17.1 Å². The number of anilines is 3. The van der Waals surface area contributed by atoms with Gasteiger partial charge in [-0.2, -0.15) is 0 Å². The minimum Gasteiger partial charge on any atom is -0.383 e. The van der Waals surface area contributed by atoms with E-state index in [1.165, 1.54) is 29.9 Å². The van der Waals surface area contributed by atoms with Crippen molar-refractivity contribution in [1.82, 2.24) is 0 Å².